The molecule has 3 aromatic heterocycles. The Morgan fingerprint density at radius 1 is 1.07 bits per heavy atom. The molecule has 0 bridgehead atoms. The van der Waals surface area contributed by atoms with Gasteiger partial charge in [0, 0.05) is 34.4 Å². The van der Waals surface area contributed by atoms with Crippen molar-refractivity contribution in [3.63, 3.8) is 0 Å². The first-order chi connectivity index (χ1) is 14.7. The normalized spacial score (nSPS) is 11.0. The van der Waals surface area contributed by atoms with Crippen LogP contribution in [0.5, 0.6) is 11.5 Å². The fourth-order valence-corrected chi connectivity index (χ4v) is 3.59. The van der Waals surface area contributed by atoms with Crippen LogP contribution in [0.25, 0.3) is 27.8 Å². The molecule has 0 radical (unpaired) electrons. The van der Waals surface area contributed by atoms with Crippen LogP contribution >= 0.6 is 0 Å². The highest BCUT2D eigenvalue weighted by Crippen LogP contribution is 2.36. The zero-order valence-electron chi connectivity index (χ0n) is 16.4. The largest absolute Gasteiger partial charge is 0.493 e. The number of nitriles is 1. The predicted molar refractivity (Wildman–Crippen MR) is 114 cm³/mol. The Hall–Kier alpha value is -4.38. The highest BCUT2D eigenvalue weighted by molar-refractivity contribution is 5.88. The molecular weight excluding hydrogens is 380 g/mol. The maximum absolute atomic E-state index is 9.45. The fraction of sp³-hybridized carbons (Fsp3) is 0.0909. The van der Waals surface area contributed by atoms with E-state index in [0.717, 1.165) is 27.8 Å². The van der Waals surface area contributed by atoms with Gasteiger partial charge in [0.2, 0.25) is 0 Å². The third kappa shape index (κ3) is 2.72. The molecule has 0 fully saturated rings. The Labute approximate surface area is 171 Å². The van der Waals surface area contributed by atoms with Crippen LogP contribution in [0.3, 0.4) is 0 Å². The number of fused-ring (bicyclic) bond motifs is 2. The quantitative estimate of drug-likeness (QED) is 0.406. The number of ether oxygens (including phenoxy) is 2. The molecule has 0 spiro atoms. The average molecular weight is 398 g/mol. The van der Waals surface area contributed by atoms with E-state index in [1.54, 1.807) is 24.9 Å². The number of imidazole rings is 1. The van der Waals surface area contributed by atoms with Gasteiger partial charge in [-0.15, -0.1) is 0 Å². The first-order valence-electron chi connectivity index (χ1n) is 9.28. The number of rotatable bonds is 5. The number of methoxy groups -OCH3 is 2. The average Bonchev–Trinajstić information content (AvgIpc) is 3.48. The molecule has 0 aliphatic rings. The molecule has 148 valence electrons. The molecule has 5 rings (SSSR count). The van der Waals surface area contributed by atoms with Gasteiger partial charge in [-0.05, 0) is 30.3 Å². The molecule has 3 heterocycles. The maximum atomic E-state index is 9.45. The van der Waals surface area contributed by atoms with Gasteiger partial charge in [-0.3, -0.25) is 0 Å². The van der Waals surface area contributed by atoms with Crippen LogP contribution in [0.4, 0.5) is 11.5 Å². The smallest absolute Gasteiger partial charge is 0.162 e. The lowest BCUT2D eigenvalue weighted by atomic mass is 10.1. The Balaban J connectivity index is 1.67. The summed E-state index contributed by atoms with van der Waals surface area (Å²) in [5, 5.41) is 18.4. The summed E-state index contributed by atoms with van der Waals surface area (Å²) in [5.74, 6) is 1.97. The van der Waals surface area contributed by atoms with Crippen LogP contribution in [0.15, 0.2) is 54.9 Å². The Morgan fingerprint density at radius 3 is 2.73 bits per heavy atom. The van der Waals surface area contributed by atoms with Crippen LogP contribution in [0.1, 0.15) is 5.56 Å². The van der Waals surface area contributed by atoms with E-state index in [2.05, 4.69) is 32.5 Å². The number of H-pyrrole nitrogens is 2. The number of aromatic nitrogens is 4. The lowest BCUT2D eigenvalue weighted by Crippen LogP contribution is -1.99. The number of aromatic amines is 2. The summed E-state index contributed by atoms with van der Waals surface area (Å²) in [6, 6.07) is 15.9. The van der Waals surface area contributed by atoms with Crippen molar-refractivity contribution in [2.45, 2.75) is 0 Å². The van der Waals surface area contributed by atoms with Gasteiger partial charge in [0.05, 0.1) is 26.1 Å². The highest BCUT2D eigenvalue weighted by Gasteiger charge is 2.18. The maximum Gasteiger partial charge on any atom is 0.162 e. The van der Waals surface area contributed by atoms with Crippen molar-refractivity contribution in [1.29, 1.82) is 5.26 Å². The number of benzene rings is 2. The van der Waals surface area contributed by atoms with Crippen molar-refractivity contribution < 1.29 is 9.47 Å². The molecule has 30 heavy (non-hydrogen) atoms. The number of hydrogen-bond donors (Lipinski definition) is 3. The summed E-state index contributed by atoms with van der Waals surface area (Å²) < 4.78 is 12.4. The van der Waals surface area contributed by atoms with Crippen LogP contribution in [0, 0.1) is 11.3 Å². The lowest BCUT2D eigenvalue weighted by molar-refractivity contribution is 0.355. The van der Waals surface area contributed by atoms with Gasteiger partial charge >= 0.3 is 0 Å². The van der Waals surface area contributed by atoms with E-state index in [1.807, 2.05) is 42.6 Å². The minimum Gasteiger partial charge on any atom is -0.493 e. The second kappa shape index (κ2) is 6.90. The molecular formula is C22H18N6O2. The second-order valence-electron chi connectivity index (χ2n) is 6.75. The zero-order chi connectivity index (χ0) is 20.7. The van der Waals surface area contributed by atoms with Crippen molar-refractivity contribution >= 4 is 28.1 Å². The van der Waals surface area contributed by atoms with Crippen molar-refractivity contribution in [1.82, 2.24) is 19.6 Å². The number of nitrogens with one attached hydrogen (secondary N) is 3. The molecule has 0 amide bonds. The van der Waals surface area contributed by atoms with E-state index in [1.165, 1.54) is 0 Å². The second-order valence-corrected chi connectivity index (χ2v) is 6.75. The third-order valence-electron chi connectivity index (χ3n) is 5.07. The van der Waals surface area contributed by atoms with Gasteiger partial charge in [-0.1, -0.05) is 6.07 Å². The topological polar surface area (TPSA) is 103 Å². The molecule has 5 aromatic rings. The van der Waals surface area contributed by atoms with Crippen LogP contribution < -0.4 is 14.8 Å². The number of hydrogen-bond acceptors (Lipinski definition) is 5. The molecule has 0 unspecified atom stereocenters. The third-order valence-corrected chi connectivity index (χ3v) is 5.07. The summed E-state index contributed by atoms with van der Waals surface area (Å²) in [5.41, 5.74) is 4.75. The number of nitrogens with zero attached hydrogens (tertiary/aromatic N) is 3. The van der Waals surface area contributed by atoms with Crippen molar-refractivity contribution in [3.8, 4) is 28.8 Å². The van der Waals surface area contributed by atoms with Crippen molar-refractivity contribution in [3.05, 3.63) is 60.4 Å². The Bertz CT molecular complexity index is 1420. The SMILES string of the molecule is COc1ccc(Nc2c(-c3ccc4[nH]ccc4c3)[nH]c3c(C#N)cnn23)cc1OC. The number of anilines is 2. The van der Waals surface area contributed by atoms with E-state index in [-0.39, 0.29) is 0 Å². The summed E-state index contributed by atoms with van der Waals surface area (Å²) in [4.78, 5) is 6.56. The van der Waals surface area contributed by atoms with Crippen LogP contribution in [0.2, 0.25) is 0 Å². The van der Waals surface area contributed by atoms with Gasteiger partial charge in [0.25, 0.3) is 0 Å². The summed E-state index contributed by atoms with van der Waals surface area (Å²) in [6.45, 7) is 0. The fourth-order valence-electron chi connectivity index (χ4n) is 3.59. The molecule has 2 aromatic carbocycles. The van der Waals surface area contributed by atoms with E-state index in [9.17, 15) is 5.26 Å². The summed E-state index contributed by atoms with van der Waals surface area (Å²) in [7, 11) is 3.20. The Kier molecular flexibility index (Phi) is 4.07. The molecule has 8 heteroatoms. The molecule has 3 N–H and O–H groups in total. The van der Waals surface area contributed by atoms with Gasteiger partial charge in [-0.2, -0.15) is 14.9 Å². The van der Waals surface area contributed by atoms with E-state index in [4.69, 9.17) is 9.47 Å². The first-order valence-corrected chi connectivity index (χ1v) is 9.28. The highest BCUT2D eigenvalue weighted by atomic mass is 16.5. The van der Waals surface area contributed by atoms with Crippen molar-refractivity contribution in [2.24, 2.45) is 0 Å². The lowest BCUT2D eigenvalue weighted by Gasteiger charge is -2.12. The molecule has 0 saturated heterocycles. The Morgan fingerprint density at radius 2 is 1.93 bits per heavy atom. The van der Waals surface area contributed by atoms with Gasteiger partial charge in [0.15, 0.2) is 23.0 Å². The molecule has 8 nitrogen and oxygen atoms in total. The summed E-state index contributed by atoms with van der Waals surface area (Å²) in [6.07, 6.45) is 3.46. The minimum atomic E-state index is 0.472. The van der Waals surface area contributed by atoms with E-state index < -0.39 is 0 Å². The monoisotopic (exact) mass is 398 g/mol. The van der Waals surface area contributed by atoms with E-state index in [0.29, 0.717) is 28.5 Å². The molecule has 0 atom stereocenters. The molecule has 0 aliphatic carbocycles. The zero-order valence-corrected chi connectivity index (χ0v) is 16.4. The predicted octanol–water partition coefficient (Wildman–Crippen LogP) is 4.44. The molecule has 0 saturated carbocycles. The standard InChI is InChI=1S/C22H18N6O2/c1-29-18-6-4-16(10-19(18)30-2)26-22-20(27-21-15(11-23)12-25-28(21)22)14-3-5-17-13(9-14)7-8-24-17/h3-10,12,24,26-27H,1-2H3. The summed E-state index contributed by atoms with van der Waals surface area (Å²) >= 11 is 0. The molecule has 0 aliphatic heterocycles. The van der Waals surface area contributed by atoms with Crippen LogP contribution in [-0.4, -0.2) is 33.8 Å². The van der Waals surface area contributed by atoms with E-state index >= 15 is 0 Å². The van der Waals surface area contributed by atoms with Crippen LogP contribution in [-0.2, 0) is 0 Å². The first kappa shape index (κ1) is 17.7. The van der Waals surface area contributed by atoms with Crippen molar-refractivity contribution in [2.75, 3.05) is 19.5 Å². The minimum absolute atomic E-state index is 0.472. The van der Waals surface area contributed by atoms with Gasteiger partial charge in [0.1, 0.15) is 11.6 Å². The van der Waals surface area contributed by atoms with Gasteiger partial charge < -0.3 is 24.8 Å². The van der Waals surface area contributed by atoms with Gasteiger partial charge in [-0.25, -0.2) is 0 Å².